The summed E-state index contributed by atoms with van der Waals surface area (Å²) in [5.41, 5.74) is 2.08. The van der Waals surface area contributed by atoms with Crippen LogP contribution in [0.3, 0.4) is 0 Å². The van der Waals surface area contributed by atoms with E-state index in [1.54, 1.807) is 6.07 Å². The molecule has 0 amide bonds. The van der Waals surface area contributed by atoms with Gasteiger partial charge in [0, 0.05) is 5.02 Å². The van der Waals surface area contributed by atoms with Gasteiger partial charge in [0.2, 0.25) is 0 Å². The van der Waals surface area contributed by atoms with Crippen molar-refractivity contribution in [2.24, 2.45) is 0 Å². The zero-order valence-electron chi connectivity index (χ0n) is 10.5. The zero-order valence-corrected chi connectivity index (χ0v) is 12.7. The van der Waals surface area contributed by atoms with Crippen molar-refractivity contribution in [2.45, 2.75) is 13.0 Å². The summed E-state index contributed by atoms with van der Waals surface area (Å²) in [7, 11) is 0. The van der Waals surface area contributed by atoms with Gasteiger partial charge in [-0.3, -0.25) is 0 Å². The van der Waals surface area contributed by atoms with E-state index in [4.69, 9.17) is 34.8 Å². The van der Waals surface area contributed by atoms with Crippen LogP contribution in [-0.2, 0) is 0 Å². The maximum Gasteiger partial charge on any atom is 0.0643 e. The highest BCUT2D eigenvalue weighted by molar-refractivity contribution is 6.42. The minimum Gasteiger partial charge on any atom is -0.306 e. The normalized spacial score (nSPS) is 12.4. The monoisotopic (exact) mass is 313 g/mol. The number of nitrogens with one attached hydrogen (secondary N) is 1. The quantitative estimate of drug-likeness (QED) is 0.802. The van der Waals surface area contributed by atoms with Crippen molar-refractivity contribution in [3.8, 4) is 0 Å². The predicted molar refractivity (Wildman–Crippen MR) is 83.4 cm³/mol. The Bertz CT molecular complexity index is 552. The lowest BCUT2D eigenvalue weighted by atomic mass is 9.98. The summed E-state index contributed by atoms with van der Waals surface area (Å²) in [6, 6.07) is 13.4. The standard InChI is InChI=1S/C15H14Cl3N/c1-2-19-15(10-6-8-11(16)9-7-10)12-4-3-5-13(17)14(12)18/h3-9,15,19H,2H2,1H3. The SMILES string of the molecule is CCNC(c1ccc(Cl)cc1)c1cccc(Cl)c1Cl. The van der Waals surface area contributed by atoms with Gasteiger partial charge in [-0.1, -0.05) is 66.0 Å². The van der Waals surface area contributed by atoms with Crippen molar-refractivity contribution >= 4 is 34.8 Å². The van der Waals surface area contributed by atoms with Gasteiger partial charge in [-0.25, -0.2) is 0 Å². The summed E-state index contributed by atoms with van der Waals surface area (Å²) in [6.07, 6.45) is 0. The lowest BCUT2D eigenvalue weighted by molar-refractivity contribution is 0.631. The van der Waals surface area contributed by atoms with Crippen LogP contribution in [0.1, 0.15) is 24.1 Å². The largest absolute Gasteiger partial charge is 0.306 e. The molecule has 0 radical (unpaired) electrons. The minimum atomic E-state index is 0.00784. The molecule has 1 N–H and O–H groups in total. The van der Waals surface area contributed by atoms with Crippen LogP contribution in [0, 0.1) is 0 Å². The van der Waals surface area contributed by atoms with Crippen molar-refractivity contribution in [1.29, 1.82) is 0 Å². The van der Waals surface area contributed by atoms with Crippen LogP contribution >= 0.6 is 34.8 Å². The first kappa shape index (κ1) is 14.7. The molecule has 0 aliphatic heterocycles. The van der Waals surface area contributed by atoms with Gasteiger partial charge in [-0.05, 0) is 35.9 Å². The van der Waals surface area contributed by atoms with Crippen LogP contribution in [0.2, 0.25) is 15.1 Å². The molecule has 2 aromatic rings. The second-order valence-electron chi connectivity index (χ2n) is 4.19. The summed E-state index contributed by atoms with van der Waals surface area (Å²) in [5, 5.41) is 5.29. The Balaban J connectivity index is 2.45. The fraction of sp³-hybridized carbons (Fsp3) is 0.200. The van der Waals surface area contributed by atoms with Gasteiger partial charge in [-0.15, -0.1) is 0 Å². The van der Waals surface area contributed by atoms with Crippen LogP contribution < -0.4 is 5.32 Å². The molecule has 19 heavy (non-hydrogen) atoms. The molecule has 0 heterocycles. The van der Waals surface area contributed by atoms with Gasteiger partial charge in [-0.2, -0.15) is 0 Å². The molecule has 1 nitrogen and oxygen atoms in total. The van der Waals surface area contributed by atoms with E-state index >= 15 is 0 Å². The van der Waals surface area contributed by atoms with Gasteiger partial charge in [0.05, 0.1) is 16.1 Å². The van der Waals surface area contributed by atoms with E-state index in [1.807, 2.05) is 36.4 Å². The molecule has 4 heteroatoms. The Hall–Kier alpha value is -0.730. The Labute approximate surface area is 128 Å². The molecule has 0 bridgehead atoms. The third-order valence-electron chi connectivity index (χ3n) is 2.90. The summed E-state index contributed by atoms with van der Waals surface area (Å²) in [5.74, 6) is 0. The number of hydrogen-bond acceptors (Lipinski definition) is 1. The van der Waals surface area contributed by atoms with Crippen LogP contribution in [0.4, 0.5) is 0 Å². The van der Waals surface area contributed by atoms with Gasteiger partial charge in [0.1, 0.15) is 0 Å². The maximum absolute atomic E-state index is 6.31. The van der Waals surface area contributed by atoms with E-state index in [2.05, 4.69) is 12.2 Å². The van der Waals surface area contributed by atoms with E-state index in [0.717, 1.165) is 22.7 Å². The molecule has 0 fully saturated rings. The third-order valence-corrected chi connectivity index (χ3v) is 3.99. The molecular formula is C15H14Cl3N. The minimum absolute atomic E-state index is 0.00784. The van der Waals surface area contributed by atoms with Gasteiger partial charge in [0.15, 0.2) is 0 Å². The molecule has 0 saturated heterocycles. The van der Waals surface area contributed by atoms with E-state index in [9.17, 15) is 0 Å². The first-order valence-corrected chi connectivity index (χ1v) is 7.19. The predicted octanol–water partition coefficient (Wildman–Crippen LogP) is 5.35. The fourth-order valence-electron chi connectivity index (χ4n) is 2.01. The Kier molecular flexibility index (Phi) is 5.12. The van der Waals surface area contributed by atoms with Crippen molar-refractivity contribution in [3.05, 3.63) is 68.7 Å². The third kappa shape index (κ3) is 3.43. The van der Waals surface area contributed by atoms with E-state index in [-0.39, 0.29) is 6.04 Å². The highest BCUT2D eigenvalue weighted by Gasteiger charge is 2.17. The molecule has 0 spiro atoms. The molecule has 0 aliphatic carbocycles. The summed E-state index contributed by atoms with van der Waals surface area (Å²) in [4.78, 5) is 0. The summed E-state index contributed by atoms with van der Waals surface area (Å²) < 4.78 is 0. The molecule has 0 aromatic heterocycles. The average Bonchev–Trinajstić information content (AvgIpc) is 2.41. The second kappa shape index (κ2) is 6.62. The highest BCUT2D eigenvalue weighted by Crippen LogP contribution is 2.33. The summed E-state index contributed by atoms with van der Waals surface area (Å²) in [6.45, 7) is 2.89. The van der Waals surface area contributed by atoms with Crippen LogP contribution in [0.5, 0.6) is 0 Å². The van der Waals surface area contributed by atoms with Crippen molar-refractivity contribution in [3.63, 3.8) is 0 Å². The molecule has 2 rings (SSSR count). The molecule has 1 unspecified atom stereocenters. The average molecular weight is 315 g/mol. The van der Waals surface area contributed by atoms with Gasteiger partial charge in [0.25, 0.3) is 0 Å². The fourth-order valence-corrected chi connectivity index (χ4v) is 2.55. The molecule has 100 valence electrons. The summed E-state index contributed by atoms with van der Waals surface area (Å²) >= 11 is 18.3. The van der Waals surface area contributed by atoms with Crippen molar-refractivity contribution in [1.82, 2.24) is 5.32 Å². The van der Waals surface area contributed by atoms with E-state index < -0.39 is 0 Å². The second-order valence-corrected chi connectivity index (χ2v) is 5.41. The Morgan fingerprint density at radius 1 is 1.00 bits per heavy atom. The maximum atomic E-state index is 6.31. The first-order chi connectivity index (χ1) is 9.13. The number of benzene rings is 2. The number of halogens is 3. The molecule has 0 saturated carbocycles. The number of hydrogen-bond donors (Lipinski definition) is 1. The van der Waals surface area contributed by atoms with Crippen molar-refractivity contribution in [2.75, 3.05) is 6.54 Å². The van der Waals surface area contributed by atoms with Crippen LogP contribution in [-0.4, -0.2) is 6.54 Å². The first-order valence-electron chi connectivity index (χ1n) is 6.06. The topological polar surface area (TPSA) is 12.0 Å². The lowest BCUT2D eigenvalue weighted by Gasteiger charge is -2.20. The molecular weight excluding hydrogens is 301 g/mol. The van der Waals surface area contributed by atoms with Crippen molar-refractivity contribution < 1.29 is 0 Å². The molecule has 1 atom stereocenters. The smallest absolute Gasteiger partial charge is 0.0643 e. The zero-order chi connectivity index (χ0) is 13.8. The van der Waals surface area contributed by atoms with Gasteiger partial charge < -0.3 is 5.32 Å². The molecule has 2 aromatic carbocycles. The Morgan fingerprint density at radius 2 is 1.68 bits per heavy atom. The van der Waals surface area contributed by atoms with E-state index in [0.29, 0.717) is 10.0 Å². The highest BCUT2D eigenvalue weighted by atomic mass is 35.5. The van der Waals surface area contributed by atoms with E-state index in [1.165, 1.54) is 0 Å². The van der Waals surface area contributed by atoms with Crippen LogP contribution in [0.25, 0.3) is 0 Å². The lowest BCUT2D eigenvalue weighted by Crippen LogP contribution is -2.22. The van der Waals surface area contributed by atoms with Gasteiger partial charge >= 0.3 is 0 Å². The van der Waals surface area contributed by atoms with Crippen LogP contribution in [0.15, 0.2) is 42.5 Å². The number of rotatable bonds is 4. The Morgan fingerprint density at radius 3 is 2.32 bits per heavy atom. The molecule has 0 aliphatic rings.